The van der Waals surface area contributed by atoms with E-state index < -0.39 is 17.5 Å². The van der Waals surface area contributed by atoms with Gasteiger partial charge in [0.25, 0.3) is 0 Å². The van der Waals surface area contributed by atoms with E-state index in [1.807, 2.05) is 0 Å². The first-order chi connectivity index (χ1) is 12.4. The van der Waals surface area contributed by atoms with E-state index in [0.29, 0.717) is 16.4 Å². The number of methoxy groups -OCH3 is 1. The van der Waals surface area contributed by atoms with Crippen LogP contribution in [0.5, 0.6) is 5.75 Å². The lowest BCUT2D eigenvalue weighted by Crippen LogP contribution is -2.10. The van der Waals surface area contributed by atoms with Gasteiger partial charge in [0.1, 0.15) is 11.6 Å². The molecule has 0 fully saturated rings. The van der Waals surface area contributed by atoms with Gasteiger partial charge in [-0.15, -0.1) is 0 Å². The average molecular weight is 376 g/mol. The van der Waals surface area contributed by atoms with Crippen molar-refractivity contribution in [3.05, 3.63) is 52.3 Å². The second-order valence-corrected chi connectivity index (χ2v) is 5.74. The summed E-state index contributed by atoms with van der Waals surface area (Å²) in [6.45, 7) is 3.30. The number of para-hydroxylation sites is 1. The first-order valence-corrected chi connectivity index (χ1v) is 7.81. The van der Waals surface area contributed by atoms with Crippen molar-refractivity contribution in [2.75, 3.05) is 12.4 Å². The topological polar surface area (TPSA) is 83.7 Å². The van der Waals surface area contributed by atoms with Gasteiger partial charge in [0.05, 0.1) is 34.8 Å². The molecular formula is C18H15ClFN3O3. The molecule has 134 valence electrons. The number of nitriles is 1. The van der Waals surface area contributed by atoms with Crippen molar-refractivity contribution in [3.63, 3.8) is 0 Å². The van der Waals surface area contributed by atoms with Crippen LogP contribution in [0.15, 0.2) is 35.5 Å². The number of hydrogen-bond acceptors (Lipinski definition) is 6. The number of halogens is 2. The fraction of sp³-hybridized carbons (Fsp3) is 0.167. The van der Waals surface area contributed by atoms with Gasteiger partial charge in [0.2, 0.25) is 5.75 Å². The summed E-state index contributed by atoms with van der Waals surface area (Å²) in [5.41, 5.74) is 0.279. The zero-order chi connectivity index (χ0) is 19.3. The maximum atomic E-state index is 15.1. The molecule has 26 heavy (non-hydrogen) atoms. The van der Waals surface area contributed by atoms with Crippen molar-refractivity contribution in [2.45, 2.75) is 13.8 Å². The summed E-state index contributed by atoms with van der Waals surface area (Å²) in [7, 11) is 1.15. The van der Waals surface area contributed by atoms with E-state index in [1.165, 1.54) is 6.07 Å². The van der Waals surface area contributed by atoms with Gasteiger partial charge in [-0.3, -0.25) is 0 Å². The van der Waals surface area contributed by atoms with E-state index in [0.717, 1.165) is 7.11 Å². The molecule has 0 aliphatic heterocycles. The van der Waals surface area contributed by atoms with Crippen molar-refractivity contribution in [1.29, 1.82) is 5.26 Å². The number of benzene rings is 2. The Kier molecular flexibility index (Phi) is 6.15. The van der Waals surface area contributed by atoms with Crippen LogP contribution in [0.2, 0.25) is 5.02 Å². The normalized spacial score (nSPS) is 9.85. The van der Waals surface area contributed by atoms with Crippen LogP contribution in [-0.4, -0.2) is 18.8 Å². The maximum absolute atomic E-state index is 15.1. The Bertz CT molecular complexity index is 919. The van der Waals surface area contributed by atoms with Gasteiger partial charge < -0.3 is 14.9 Å². The van der Waals surface area contributed by atoms with Gasteiger partial charge >= 0.3 is 5.97 Å². The zero-order valence-corrected chi connectivity index (χ0v) is 15.0. The molecule has 0 atom stereocenters. The molecule has 0 saturated carbocycles. The number of carbonyl (C=O) groups excluding carboxylic acids is 1. The van der Waals surface area contributed by atoms with Gasteiger partial charge in [0.15, 0.2) is 5.82 Å². The Hall–Kier alpha value is -3.11. The van der Waals surface area contributed by atoms with E-state index in [-0.39, 0.29) is 16.8 Å². The number of carbonyl (C=O) groups is 1. The Balaban J connectivity index is 2.68. The second-order valence-electron chi connectivity index (χ2n) is 5.33. The summed E-state index contributed by atoms with van der Waals surface area (Å²) >= 11 is 6.09. The monoisotopic (exact) mass is 375 g/mol. The van der Waals surface area contributed by atoms with Gasteiger partial charge in [-0.05, 0) is 32.0 Å². The quantitative estimate of drug-likeness (QED) is 0.467. The molecule has 2 aromatic rings. The molecule has 2 rings (SSSR count). The molecule has 0 aliphatic rings. The van der Waals surface area contributed by atoms with Gasteiger partial charge in [-0.25, -0.2) is 9.18 Å². The van der Waals surface area contributed by atoms with Gasteiger partial charge in [0, 0.05) is 0 Å². The maximum Gasteiger partial charge on any atom is 0.340 e. The van der Waals surface area contributed by atoms with Gasteiger partial charge in [-0.1, -0.05) is 28.9 Å². The average Bonchev–Trinajstić information content (AvgIpc) is 2.62. The summed E-state index contributed by atoms with van der Waals surface area (Å²) in [6, 6.07) is 9.56. The highest BCUT2D eigenvalue weighted by Gasteiger charge is 2.25. The fourth-order valence-electron chi connectivity index (χ4n) is 2.03. The van der Waals surface area contributed by atoms with Crippen LogP contribution in [0.3, 0.4) is 0 Å². The minimum Gasteiger partial charge on any atom is -0.465 e. The Morgan fingerprint density at radius 1 is 1.35 bits per heavy atom. The van der Waals surface area contributed by atoms with Crippen LogP contribution in [0.4, 0.5) is 15.8 Å². The molecule has 0 aromatic heterocycles. The molecule has 0 bridgehead atoms. The number of esters is 1. The first kappa shape index (κ1) is 19.2. The number of nitrogens with zero attached hydrogens (tertiary/aromatic N) is 2. The van der Waals surface area contributed by atoms with E-state index in [2.05, 4.69) is 15.2 Å². The van der Waals surface area contributed by atoms with Crippen molar-refractivity contribution in [3.8, 4) is 11.8 Å². The van der Waals surface area contributed by atoms with E-state index in [4.69, 9.17) is 16.4 Å². The summed E-state index contributed by atoms with van der Waals surface area (Å²) in [6.07, 6.45) is 0. The summed E-state index contributed by atoms with van der Waals surface area (Å²) in [4.78, 5) is 17.1. The lowest BCUT2D eigenvalue weighted by atomic mass is 10.1. The van der Waals surface area contributed by atoms with Crippen LogP contribution in [-0.2, 0) is 4.74 Å². The first-order valence-electron chi connectivity index (χ1n) is 7.43. The number of rotatable bonds is 5. The lowest BCUT2D eigenvalue weighted by molar-refractivity contribution is 0.0601. The van der Waals surface area contributed by atoms with E-state index in [1.54, 1.807) is 44.2 Å². The Morgan fingerprint density at radius 2 is 2.04 bits per heavy atom. The number of nitrogens with one attached hydrogen (secondary N) is 1. The van der Waals surface area contributed by atoms with Crippen molar-refractivity contribution >= 4 is 34.7 Å². The van der Waals surface area contributed by atoms with Crippen LogP contribution < -0.4 is 10.2 Å². The van der Waals surface area contributed by atoms with Crippen molar-refractivity contribution < 1.29 is 18.8 Å². The molecule has 0 saturated heterocycles. The molecule has 0 spiro atoms. The largest absolute Gasteiger partial charge is 0.465 e. The van der Waals surface area contributed by atoms with Crippen LogP contribution >= 0.6 is 11.6 Å². The van der Waals surface area contributed by atoms with Crippen LogP contribution in [0.1, 0.15) is 29.8 Å². The third kappa shape index (κ3) is 4.10. The summed E-state index contributed by atoms with van der Waals surface area (Å²) < 4.78 is 19.8. The van der Waals surface area contributed by atoms with Crippen LogP contribution in [0.25, 0.3) is 0 Å². The number of oxime groups is 1. The minimum absolute atomic E-state index is 0.175. The molecule has 0 aliphatic carbocycles. The van der Waals surface area contributed by atoms with Crippen LogP contribution in [0, 0.1) is 17.1 Å². The fourth-order valence-corrected chi connectivity index (χ4v) is 2.21. The standard InChI is InChI=1S/C18H15ClFN3O3/c1-10(2)23-26-17-11(9-21)8-12(18(24)25-3)16(15(17)20)22-14-7-5-4-6-13(14)19/h4-8,22H,1-3H3. The number of hydrogen-bond donors (Lipinski definition) is 1. The molecule has 1 N–H and O–H groups in total. The lowest BCUT2D eigenvalue weighted by Gasteiger charge is -2.15. The molecule has 0 amide bonds. The molecule has 6 nitrogen and oxygen atoms in total. The molecule has 8 heteroatoms. The Morgan fingerprint density at radius 3 is 2.62 bits per heavy atom. The van der Waals surface area contributed by atoms with Crippen molar-refractivity contribution in [1.82, 2.24) is 0 Å². The third-order valence-corrected chi connectivity index (χ3v) is 3.53. The zero-order valence-electron chi connectivity index (χ0n) is 14.3. The molecule has 0 heterocycles. The summed E-state index contributed by atoms with van der Waals surface area (Å²) in [5.74, 6) is -2.19. The predicted molar refractivity (Wildman–Crippen MR) is 96.6 cm³/mol. The Labute approximate surface area is 154 Å². The highest BCUT2D eigenvalue weighted by molar-refractivity contribution is 6.33. The third-order valence-electron chi connectivity index (χ3n) is 3.20. The van der Waals surface area contributed by atoms with E-state index in [9.17, 15) is 10.1 Å². The number of ether oxygens (including phenoxy) is 1. The summed E-state index contributed by atoms with van der Waals surface area (Å²) in [5, 5.41) is 16.0. The molecule has 0 radical (unpaired) electrons. The predicted octanol–water partition coefficient (Wildman–Crippen LogP) is 4.66. The highest BCUT2D eigenvalue weighted by atomic mass is 35.5. The van der Waals surface area contributed by atoms with Gasteiger partial charge in [-0.2, -0.15) is 5.26 Å². The molecule has 0 unspecified atom stereocenters. The smallest absolute Gasteiger partial charge is 0.340 e. The van der Waals surface area contributed by atoms with E-state index >= 15 is 4.39 Å². The van der Waals surface area contributed by atoms with Crippen molar-refractivity contribution in [2.24, 2.45) is 5.16 Å². The minimum atomic E-state index is -0.964. The second kappa shape index (κ2) is 8.32. The molecule has 2 aromatic carbocycles. The SMILES string of the molecule is COC(=O)c1cc(C#N)c(ON=C(C)C)c(F)c1Nc1ccccc1Cl. The molecular weight excluding hydrogens is 361 g/mol. The number of anilines is 2. The highest BCUT2D eigenvalue weighted by Crippen LogP contribution is 2.36.